The van der Waals surface area contributed by atoms with E-state index in [0.717, 1.165) is 12.2 Å². The Balaban J connectivity index is 2.86. The van der Waals surface area contributed by atoms with Gasteiger partial charge in [-0.2, -0.15) is 0 Å². The van der Waals surface area contributed by atoms with E-state index < -0.39 is 6.10 Å². The Morgan fingerprint density at radius 3 is 2.58 bits per heavy atom. The quantitative estimate of drug-likeness (QED) is 0.782. The second-order valence-corrected chi connectivity index (χ2v) is 5.11. The van der Waals surface area contributed by atoms with Crippen LogP contribution >= 0.6 is 0 Å². The molecule has 1 atom stereocenters. The van der Waals surface area contributed by atoms with Gasteiger partial charge in [-0.25, -0.2) is 0 Å². The highest BCUT2D eigenvalue weighted by atomic mass is 16.3. The molecule has 0 unspecified atom stereocenters. The molecule has 106 valence electrons. The van der Waals surface area contributed by atoms with Crippen LogP contribution in [0.5, 0.6) is 0 Å². The number of hydrogen-bond acceptors (Lipinski definition) is 4. The van der Waals surface area contributed by atoms with Gasteiger partial charge in [-0.1, -0.05) is 20.8 Å². The van der Waals surface area contributed by atoms with Crippen molar-refractivity contribution in [2.45, 2.75) is 33.3 Å². The third-order valence-corrected chi connectivity index (χ3v) is 2.80. The fraction of sp³-hybridized carbons (Fsp3) is 0.571. The maximum atomic E-state index is 11.1. The van der Waals surface area contributed by atoms with Crippen molar-refractivity contribution < 1.29 is 9.90 Å². The molecule has 1 amide bonds. The monoisotopic (exact) mass is 265 g/mol. The van der Waals surface area contributed by atoms with Crippen LogP contribution in [0.4, 0.5) is 5.69 Å². The Morgan fingerprint density at radius 2 is 2.16 bits per heavy atom. The van der Waals surface area contributed by atoms with Crippen molar-refractivity contribution in [3.05, 3.63) is 24.0 Å². The first-order valence-electron chi connectivity index (χ1n) is 6.61. The lowest BCUT2D eigenvalue weighted by Gasteiger charge is -2.25. The summed E-state index contributed by atoms with van der Waals surface area (Å²) in [6.07, 6.45) is 1.77. The van der Waals surface area contributed by atoms with E-state index in [2.05, 4.69) is 18.8 Å². The van der Waals surface area contributed by atoms with Crippen molar-refractivity contribution >= 4 is 11.6 Å². The molecule has 1 aromatic rings. The number of nitrogens with two attached hydrogens (primary N) is 1. The molecule has 3 N–H and O–H groups in total. The van der Waals surface area contributed by atoms with E-state index in [1.54, 1.807) is 12.3 Å². The summed E-state index contributed by atoms with van der Waals surface area (Å²) in [6, 6.07) is 3.66. The number of amides is 1. The number of hydrogen-bond donors (Lipinski definition) is 2. The normalized spacial score (nSPS) is 12.5. The Bertz CT molecular complexity index is 404. The average molecular weight is 265 g/mol. The molecule has 0 aliphatic rings. The van der Waals surface area contributed by atoms with Crippen LogP contribution in [-0.4, -0.2) is 29.1 Å². The summed E-state index contributed by atoms with van der Waals surface area (Å²) in [7, 11) is 0. The van der Waals surface area contributed by atoms with Crippen molar-refractivity contribution in [3.8, 4) is 0 Å². The van der Waals surface area contributed by atoms with Gasteiger partial charge in [0.15, 0.2) is 0 Å². The van der Waals surface area contributed by atoms with Gasteiger partial charge in [0.25, 0.3) is 0 Å². The highest BCUT2D eigenvalue weighted by Crippen LogP contribution is 2.19. The maximum absolute atomic E-state index is 11.1. The zero-order chi connectivity index (χ0) is 14.4. The number of nitrogens with zero attached hydrogens (tertiary/aromatic N) is 2. The summed E-state index contributed by atoms with van der Waals surface area (Å²) in [4.78, 5) is 17.3. The number of aliphatic hydroxyl groups excluding tert-OH is 1. The van der Waals surface area contributed by atoms with Gasteiger partial charge in [-0.15, -0.1) is 0 Å². The summed E-state index contributed by atoms with van der Waals surface area (Å²) in [6.45, 7) is 6.97. The summed E-state index contributed by atoms with van der Waals surface area (Å²) in [5.74, 6) is 0.0542. The average Bonchev–Trinajstić information content (AvgIpc) is 2.36. The van der Waals surface area contributed by atoms with Crippen LogP contribution in [0.1, 0.15) is 39.0 Å². The van der Waals surface area contributed by atoms with Gasteiger partial charge in [-0.3, -0.25) is 9.78 Å². The van der Waals surface area contributed by atoms with E-state index in [1.807, 2.05) is 17.9 Å². The van der Waals surface area contributed by atoms with Crippen molar-refractivity contribution in [3.63, 3.8) is 0 Å². The second-order valence-electron chi connectivity index (χ2n) is 5.11. The molecule has 0 aromatic carbocycles. The summed E-state index contributed by atoms with van der Waals surface area (Å²) in [5.41, 5.74) is 6.76. The predicted molar refractivity (Wildman–Crippen MR) is 75.7 cm³/mol. The zero-order valence-corrected chi connectivity index (χ0v) is 11.8. The Labute approximate surface area is 114 Å². The molecule has 0 bridgehead atoms. The van der Waals surface area contributed by atoms with Crippen LogP contribution in [-0.2, 0) is 4.79 Å². The lowest BCUT2D eigenvalue weighted by Crippen LogP contribution is -2.36. The third-order valence-electron chi connectivity index (χ3n) is 2.80. The van der Waals surface area contributed by atoms with Crippen molar-refractivity contribution in [2.24, 2.45) is 11.7 Å². The molecule has 5 heteroatoms. The van der Waals surface area contributed by atoms with Crippen molar-refractivity contribution in [1.29, 1.82) is 0 Å². The zero-order valence-electron chi connectivity index (χ0n) is 11.8. The minimum Gasteiger partial charge on any atom is -0.387 e. The minimum atomic E-state index is -0.538. The summed E-state index contributed by atoms with van der Waals surface area (Å²) in [5, 5.41) is 9.70. The standard InChI is InChI=1S/C14H23N3O2/c1-4-13(18)12-6-5-11(7-16-12)17(8-10(2)3)9-14(15)19/h5-7,10,13,18H,4,8-9H2,1-3H3,(H2,15,19)/t13-/m0/s1. The van der Waals surface area contributed by atoms with E-state index in [-0.39, 0.29) is 12.5 Å². The van der Waals surface area contributed by atoms with E-state index in [4.69, 9.17) is 5.73 Å². The largest absolute Gasteiger partial charge is 0.387 e. The number of anilines is 1. The highest BCUT2D eigenvalue weighted by molar-refractivity contribution is 5.79. The molecule has 1 aromatic heterocycles. The number of primary amides is 1. The fourth-order valence-corrected chi connectivity index (χ4v) is 1.88. The predicted octanol–water partition coefficient (Wildman–Crippen LogP) is 1.47. The highest BCUT2D eigenvalue weighted by Gasteiger charge is 2.13. The van der Waals surface area contributed by atoms with E-state index in [0.29, 0.717) is 18.0 Å². The molecule has 19 heavy (non-hydrogen) atoms. The fourth-order valence-electron chi connectivity index (χ4n) is 1.88. The first kappa shape index (κ1) is 15.4. The van der Waals surface area contributed by atoms with Crippen LogP contribution in [0.15, 0.2) is 18.3 Å². The van der Waals surface area contributed by atoms with Gasteiger partial charge in [0.1, 0.15) is 0 Å². The second kappa shape index (κ2) is 7.09. The molecule has 0 radical (unpaired) electrons. The van der Waals surface area contributed by atoms with Gasteiger partial charge in [-0.05, 0) is 24.5 Å². The van der Waals surface area contributed by atoms with Crippen molar-refractivity contribution in [2.75, 3.05) is 18.0 Å². The number of rotatable bonds is 7. The molecule has 0 spiro atoms. The molecule has 0 aliphatic carbocycles. The minimum absolute atomic E-state index is 0.176. The van der Waals surface area contributed by atoms with Gasteiger partial charge < -0.3 is 15.7 Å². The molecule has 0 saturated heterocycles. The number of carbonyl (C=O) groups is 1. The third kappa shape index (κ3) is 4.87. The summed E-state index contributed by atoms with van der Waals surface area (Å²) < 4.78 is 0. The van der Waals surface area contributed by atoms with Crippen LogP contribution in [0.2, 0.25) is 0 Å². The molecule has 0 aliphatic heterocycles. The number of aromatic nitrogens is 1. The van der Waals surface area contributed by atoms with Gasteiger partial charge >= 0.3 is 0 Å². The summed E-state index contributed by atoms with van der Waals surface area (Å²) >= 11 is 0. The first-order chi connectivity index (χ1) is 8.93. The lowest BCUT2D eigenvalue weighted by atomic mass is 10.1. The molecular formula is C14H23N3O2. The Hall–Kier alpha value is -1.62. The molecule has 5 nitrogen and oxygen atoms in total. The van der Waals surface area contributed by atoms with Gasteiger partial charge in [0.05, 0.1) is 30.2 Å². The smallest absolute Gasteiger partial charge is 0.236 e. The van der Waals surface area contributed by atoms with Crippen LogP contribution in [0, 0.1) is 5.92 Å². The Morgan fingerprint density at radius 1 is 1.47 bits per heavy atom. The van der Waals surface area contributed by atoms with E-state index >= 15 is 0 Å². The molecule has 0 fully saturated rings. The number of carbonyl (C=O) groups excluding carboxylic acids is 1. The molecule has 0 saturated carbocycles. The van der Waals surface area contributed by atoms with Crippen molar-refractivity contribution in [1.82, 2.24) is 4.98 Å². The number of aliphatic hydroxyl groups is 1. The molecular weight excluding hydrogens is 242 g/mol. The van der Waals surface area contributed by atoms with E-state index in [9.17, 15) is 9.90 Å². The SMILES string of the molecule is CC[C@H](O)c1ccc(N(CC(N)=O)CC(C)C)cn1. The molecule has 1 rings (SSSR count). The molecule has 1 heterocycles. The Kier molecular flexibility index (Phi) is 5.76. The van der Waals surface area contributed by atoms with E-state index in [1.165, 1.54) is 0 Å². The van der Waals surface area contributed by atoms with Crippen LogP contribution in [0.25, 0.3) is 0 Å². The first-order valence-corrected chi connectivity index (χ1v) is 6.61. The van der Waals surface area contributed by atoms with Gasteiger partial charge in [0.2, 0.25) is 5.91 Å². The van der Waals surface area contributed by atoms with Crippen LogP contribution < -0.4 is 10.6 Å². The number of pyridine rings is 1. The topological polar surface area (TPSA) is 79.5 Å². The van der Waals surface area contributed by atoms with Gasteiger partial charge in [0, 0.05) is 6.54 Å². The maximum Gasteiger partial charge on any atom is 0.236 e. The lowest BCUT2D eigenvalue weighted by molar-refractivity contribution is -0.116. The van der Waals surface area contributed by atoms with Crippen LogP contribution in [0.3, 0.4) is 0 Å².